The Morgan fingerprint density at radius 3 is 2.95 bits per heavy atom. The predicted octanol–water partition coefficient (Wildman–Crippen LogP) is 0.384. The second-order valence-electron chi connectivity index (χ2n) is 5.21. The van der Waals surface area contributed by atoms with Gasteiger partial charge in [0, 0.05) is 25.7 Å². The van der Waals surface area contributed by atoms with Crippen LogP contribution in [0.5, 0.6) is 0 Å². The summed E-state index contributed by atoms with van der Waals surface area (Å²) in [5, 5.41) is 3.71. The van der Waals surface area contributed by atoms with E-state index in [4.69, 9.17) is 4.52 Å². The lowest BCUT2D eigenvalue weighted by atomic mass is 9.98. The van der Waals surface area contributed by atoms with E-state index in [2.05, 4.69) is 9.88 Å². The van der Waals surface area contributed by atoms with Crippen LogP contribution < -0.4 is 4.72 Å². The Labute approximate surface area is 118 Å². The summed E-state index contributed by atoms with van der Waals surface area (Å²) >= 11 is 0. The zero-order valence-electron chi connectivity index (χ0n) is 11.6. The van der Waals surface area contributed by atoms with Crippen molar-refractivity contribution in [2.75, 3.05) is 25.9 Å². The number of amides is 1. The molecule has 1 aromatic rings. The number of sulfonamides is 1. The Morgan fingerprint density at radius 2 is 2.35 bits per heavy atom. The standard InChI is InChI=1S/C12H19N3O4S/c1-9-6-11(19-14-9)12(16)15-5-3-4-10(8-15)7-13-20(2,17)18/h6,10,13H,3-5,7-8H2,1-2H3. The van der Waals surface area contributed by atoms with Crippen molar-refractivity contribution in [2.24, 2.45) is 5.92 Å². The Balaban J connectivity index is 1.94. The topological polar surface area (TPSA) is 92.5 Å². The molecule has 8 heteroatoms. The van der Waals surface area contributed by atoms with Gasteiger partial charge in [-0.25, -0.2) is 13.1 Å². The lowest BCUT2D eigenvalue weighted by Gasteiger charge is -2.32. The molecule has 0 saturated carbocycles. The van der Waals surface area contributed by atoms with Crippen LogP contribution in [0, 0.1) is 12.8 Å². The summed E-state index contributed by atoms with van der Waals surface area (Å²) < 4.78 is 29.7. The molecule has 1 aromatic heterocycles. The van der Waals surface area contributed by atoms with E-state index in [-0.39, 0.29) is 17.6 Å². The molecule has 1 fully saturated rings. The number of carbonyl (C=O) groups excluding carboxylic acids is 1. The van der Waals surface area contributed by atoms with E-state index >= 15 is 0 Å². The Kier molecular flexibility index (Phi) is 4.44. The van der Waals surface area contributed by atoms with Crippen molar-refractivity contribution in [3.63, 3.8) is 0 Å². The van der Waals surface area contributed by atoms with Crippen LogP contribution in [0.3, 0.4) is 0 Å². The number of aromatic nitrogens is 1. The van der Waals surface area contributed by atoms with E-state index in [1.807, 2.05) is 0 Å². The third kappa shape index (κ3) is 4.04. The molecule has 0 bridgehead atoms. The minimum Gasteiger partial charge on any atom is -0.351 e. The molecule has 2 rings (SSSR count). The molecule has 0 spiro atoms. The molecule has 1 aliphatic heterocycles. The van der Waals surface area contributed by atoms with Crippen LogP contribution in [-0.4, -0.2) is 50.3 Å². The highest BCUT2D eigenvalue weighted by Gasteiger charge is 2.27. The van der Waals surface area contributed by atoms with Crippen LogP contribution in [0.15, 0.2) is 10.6 Å². The first-order chi connectivity index (χ1) is 9.35. The molecule has 7 nitrogen and oxygen atoms in total. The van der Waals surface area contributed by atoms with Crippen molar-refractivity contribution < 1.29 is 17.7 Å². The van der Waals surface area contributed by atoms with Crippen LogP contribution >= 0.6 is 0 Å². The van der Waals surface area contributed by atoms with E-state index in [9.17, 15) is 13.2 Å². The third-order valence-electron chi connectivity index (χ3n) is 3.28. The molecule has 1 atom stereocenters. The van der Waals surface area contributed by atoms with Crippen molar-refractivity contribution in [2.45, 2.75) is 19.8 Å². The molecular formula is C12H19N3O4S. The smallest absolute Gasteiger partial charge is 0.292 e. The summed E-state index contributed by atoms with van der Waals surface area (Å²) in [6.45, 7) is 3.31. The summed E-state index contributed by atoms with van der Waals surface area (Å²) in [6, 6.07) is 1.61. The van der Waals surface area contributed by atoms with Gasteiger partial charge in [-0.1, -0.05) is 5.16 Å². The zero-order valence-corrected chi connectivity index (χ0v) is 12.4. The molecule has 0 aliphatic carbocycles. The van der Waals surface area contributed by atoms with Crippen LogP contribution in [0.25, 0.3) is 0 Å². The molecule has 1 amide bonds. The van der Waals surface area contributed by atoms with Gasteiger partial charge in [0.1, 0.15) is 0 Å². The highest BCUT2D eigenvalue weighted by Crippen LogP contribution is 2.18. The van der Waals surface area contributed by atoms with Crippen molar-refractivity contribution in [3.8, 4) is 0 Å². The minimum absolute atomic E-state index is 0.131. The number of carbonyl (C=O) groups is 1. The van der Waals surface area contributed by atoms with Crippen molar-refractivity contribution in [1.82, 2.24) is 14.8 Å². The summed E-state index contributed by atoms with van der Waals surface area (Å²) in [5.41, 5.74) is 0.667. The van der Waals surface area contributed by atoms with Crippen molar-refractivity contribution in [1.29, 1.82) is 0 Å². The molecule has 20 heavy (non-hydrogen) atoms. The number of hydrogen-bond acceptors (Lipinski definition) is 5. The van der Waals surface area contributed by atoms with Crippen LogP contribution in [-0.2, 0) is 10.0 Å². The van der Waals surface area contributed by atoms with Gasteiger partial charge in [-0.15, -0.1) is 0 Å². The van der Waals surface area contributed by atoms with E-state index < -0.39 is 10.0 Å². The Morgan fingerprint density at radius 1 is 1.60 bits per heavy atom. The minimum atomic E-state index is -3.19. The normalized spacial score (nSPS) is 20.1. The monoisotopic (exact) mass is 301 g/mol. The average molecular weight is 301 g/mol. The highest BCUT2D eigenvalue weighted by atomic mass is 32.2. The largest absolute Gasteiger partial charge is 0.351 e. The molecule has 0 aromatic carbocycles. The fourth-order valence-electron chi connectivity index (χ4n) is 2.31. The number of aryl methyl sites for hydroxylation is 1. The molecule has 112 valence electrons. The van der Waals surface area contributed by atoms with Gasteiger partial charge in [-0.3, -0.25) is 4.79 Å². The second kappa shape index (κ2) is 5.92. The van der Waals surface area contributed by atoms with E-state index in [1.54, 1.807) is 17.9 Å². The average Bonchev–Trinajstić information content (AvgIpc) is 2.82. The third-order valence-corrected chi connectivity index (χ3v) is 3.97. The van der Waals surface area contributed by atoms with Crippen LogP contribution in [0.1, 0.15) is 29.1 Å². The molecule has 1 aliphatic rings. The Hall–Kier alpha value is -1.41. The molecule has 1 saturated heterocycles. The quantitative estimate of drug-likeness (QED) is 0.868. The molecule has 2 heterocycles. The highest BCUT2D eigenvalue weighted by molar-refractivity contribution is 7.88. The van der Waals surface area contributed by atoms with Gasteiger partial charge < -0.3 is 9.42 Å². The van der Waals surface area contributed by atoms with Crippen LogP contribution in [0.2, 0.25) is 0 Å². The van der Waals surface area contributed by atoms with Gasteiger partial charge >= 0.3 is 0 Å². The number of nitrogens with one attached hydrogen (secondary N) is 1. The van der Waals surface area contributed by atoms with Crippen molar-refractivity contribution in [3.05, 3.63) is 17.5 Å². The van der Waals surface area contributed by atoms with Gasteiger partial charge in [-0.05, 0) is 25.7 Å². The van der Waals surface area contributed by atoms with Gasteiger partial charge in [0.05, 0.1) is 11.9 Å². The van der Waals surface area contributed by atoms with Gasteiger partial charge in [-0.2, -0.15) is 0 Å². The predicted molar refractivity (Wildman–Crippen MR) is 72.7 cm³/mol. The molecular weight excluding hydrogens is 282 g/mol. The fourth-order valence-corrected chi connectivity index (χ4v) is 2.84. The van der Waals surface area contributed by atoms with Gasteiger partial charge in [0.25, 0.3) is 5.91 Å². The van der Waals surface area contributed by atoms with Gasteiger partial charge in [0.15, 0.2) is 0 Å². The van der Waals surface area contributed by atoms with E-state index in [0.29, 0.717) is 25.3 Å². The first kappa shape index (κ1) is 15.0. The lowest BCUT2D eigenvalue weighted by Crippen LogP contribution is -2.43. The second-order valence-corrected chi connectivity index (χ2v) is 7.05. The summed E-state index contributed by atoms with van der Waals surface area (Å²) in [7, 11) is -3.19. The summed E-state index contributed by atoms with van der Waals surface area (Å²) in [5.74, 6) is 0.181. The maximum absolute atomic E-state index is 12.2. The number of likely N-dealkylation sites (tertiary alicyclic amines) is 1. The lowest BCUT2D eigenvalue weighted by molar-refractivity contribution is 0.0634. The van der Waals surface area contributed by atoms with Crippen LogP contribution in [0.4, 0.5) is 0 Å². The maximum atomic E-state index is 12.2. The van der Waals surface area contributed by atoms with E-state index in [1.165, 1.54) is 0 Å². The summed E-state index contributed by atoms with van der Waals surface area (Å²) in [4.78, 5) is 13.9. The first-order valence-corrected chi connectivity index (χ1v) is 8.41. The van der Waals surface area contributed by atoms with Gasteiger partial charge in [0.2, 0.25) is 15.8 Å². The Bertz CT molecular complexity index is 581. The number of piperidine rings is 1. The molecule has 1 N–H and O–H groups in total. The summed E-state index contributed by atoms with van der Waals surface area (Å²) in [6.07, 6.45) is 2.90. The fraction of sp³-hybridized carbons (Fsp3) is 0.667. The molecule has 0 radical (unpaired) electrons. The SMILES string of the molecule is Cc1cc(C(=O)N2CCCC(CNS(C)(=O)=O)C2)on1. The van der Waals surface area contributed by atoms with Crippen molar-refractivity contribution >= 4 is 15.9 Å². The number of rotatable bonds is 4. The zero-order chi connectivity index (χ0) is 14.8. The van der Waals surface area contributed by atoms with E-state index in [0.717, 1.165) is 19.1 Å². The maximum Gasteiger partial charge on any atom is 0.292 e. The number of nitrogens with zero attached hydrogens (tertiary/aromatic N) is 2. The number of hydrogen-bond donors (Lipinski definition) is 1. The first-order valence-electron chi connectivity index (χ1n) is 6.52. The molecule has 1 unspecified atom stereocenters.